The highest BCUT2D eigenvalue weighted by Gasteiger charge is 2.28. The summed E-state index contributed by atoms with van der Waals surface area (Å²) in [7, 11) is 3.20. The molecule has 3 atom stereocenters. The van der Waals surface area contributed by atoms with Crippen molar-refractivity contribution >= 4 is 17.7 Å². The van der Waals surface area contributed by atoms with Crippen molar-refractivity contribution < 1.29 is 14.3 Å². The minimum atomic E-state index is 0.00962. The average molecular weight is 434 g/mol. The van der Waals surface area contributed by atoms with Gasteiger partial charge in [-0.05, 0) is 36.0 Å². The standard InChI is InChI=1S/C21H31N5O3S/c1-13-6-5-7-16(14(13)2)23-20(27)12-30-21-25-24-19(26(21)22)11-15-8-9-17(28-3)18(10-15)29-4/h8-10,13-14,16H,5-7,11-12,22H2,1-4H3,(H,23,27)/t13-,14-,16+/m0/s1. The number of nitrogens with one attached hydrogen (secondary N) is 1. The maximum atomic E-state index is 12.4. The summed E-state index contributed by atoms with van der Waals surface area (Å²) in [6.45, 7) is 4.48. The zero-order chi connectivity index (χ0) is 21.7. The van der Waals surface area contributed by atoms with Crippen LogP contribution in [0.15, 0.2) is 23.4 Å². The number of ether oxygens (including phenoxy) is 2. The number of hydrogen-bond acceptors (Lipinski definition) is 7. The number of nitrogen functional groups attached to an aromatic ring is 1. The van der Waals surface area contributed by atoms with Gasteiger partial charge in [-0.1, -0.05) is 44.5 Å². The molecule has 9 heteroatoms. The molecule has 1 aromatic heterocycles. The van der Waals surface area contributed by atoms with Crippen molar-refractivity contribution in [3.05, 3.63) is 29.6 Å². The highest BCUT2D eigenvalue weighted by atomic mass is 32.2. The number of aromatic nitrogens is 3. The van der Waals surface area contributed by atoms with E-state index >= 15 is 0 Å². The molecule has 1 aromatic carbocycles. The van der Waals surface area contributed by atoms with Crippen LogP contribution in [-0.2, 0) is 11.2 Å². The van der Waals surface area contributed by atoms with Crippen LogP contribution in [-0.4, -0.2) is 46.8 Å². The minimum Gasteiger partial charge on any atom is -0.493 e. The molecule has 1 saturated carbocycles. The van der Waals surface area contributed by atoms with Crippen LogP contribution in [0.2, 0.25) is 0 Å². The molecule has 164 valence electrons. The Morgan fingerprint density at radius 3 is 2.73 bits per heavy atom. The molecule has 8 nitrogen and oxygen atoms in total. The topological polar surface area (TPSA) is 104 Å². The quantitative estimate of drug-likeness (QED) is 0.487. The Morgan fingerprint density at radius 2 is 2.00 bits per heavy atom. The second kappa shape index (κ2) is 10.1. The summed E-state index contributed by atoms with van der Waals surface area (Å²) in [6, 6.07) is 5.92. The highest BCUT2D eigenvalue weighted by Crippen LogP contribution is 2.30. The zero-order valence-electron chi connectivity index (χ0n) is 18.1. The highest BCUT2D eigenvalue weighted by molar-refractivity contribution is 7.99. The predicted molar refractivity (Wildman–Crippen MR) is 117 cm³/mol. The SMILES string of the molecule is COc1ccc(Cc2nnc(SCC(=O)N[C@@H]3CCC[C@H](C)[C@@H]3C)n2N)cc1OC. The molecule has 1 aliphatic rings. The maximum absolute atomic E-state index is 12.4. The summed E-state index contributed by atoms with van der Waals surface area (Å²) < 4.78 is 12.1. The van der Waals surface area contributed by atoms with Crippen LogP contribution in [0.1, 0.15) is 44.5 Å². The largest absolute Gasteiger partial charge is 0.493 e. The van der Waals surface area contributed by atoms with Gasteiger partial charge >= 0.3 is 0 Å². The van der Waals surface area contributed by atoms with E-state index in [-0.39, 0.29) is 17.7 Å². The van der Waals surface area contributed by atoms with Gasteiger partial charge in [-0.2, -0.15) is 0 Å². The van der Waals surface area contributed by atoms with E-state index in [1.807, 2.05) is 18.2 Å². The molecule has 1 heterocycles. The number of rotatable bonds is 8. The molecule has 0 aliphatic heterocycles. The first-order valence-corrected chi connectivity index (χ1v) is 11.2. The second-order valence-corrected chi connectivity index (χ2v) is 8.81. The Hall–Kier alpha value is -2.42. The molecule has 1 fully saturated rings. The van der Waals surface area contributed by atoms with Gasteiger partial charge < -0.3 is 20.6 Å². The van der Waals surface area contributed by atoms with Crippen LogP contribution < -0.4 is 20.6 Å². The number of carbonyl (C=O) groups is 1. The van der Waals surface area contributed by atoms with E-state index in [1.165, 1.54) is 29.3 Å². The monoisotopic (exact) mass is 433 g/mol. The minimum absolute atomic E-state index is 0.00962. The number of benzene rings is 1. The predicted octanol–water partition coefficient (Wildman–Crippen LogP) is 2.63. The number of hydrogen-bond donors (Lipinski definition) is 2. The molecular formula is C21H31N5O3S. The van der Waals surface area contributed by atoms with Gasteiger partial charge in [0.05, 0.1) is 20.0 Å². The van der Waals surface area contributed by atoms with Gasteiger partial charge in [0.1, 0.15) is 0 Å². The third-order valence-electron chi connectivity index (χ3n) is 5.93. The molecule has 1 amide bonds. The molecule has 0 spiro atoms. The lowest BCUT2D eigenvalue weighted by atomic mass is 9.78. The van der Waals surface area contributed by atoms with Crippen molar-refractivity contribution in [3.63, 3.8) is 0 Å². The number of carbonyl (C=O) groups excluding carboxylic acids is 1. The molecular weight excluding hydrogens is 402 g/mol. The number of nitrogens with two attached hydrogens (primary N) is 1. The van der Waals surface area contributed by atoms with Crippen molar-refractivity contribution in [1.82, 2.24) is 20.2 Å². The Bertz CT molecular complexity index is 872. The third kappa shape index (κ3) is 5.19. The normalized spacial score (nSPS) is 21.3. The van der Waals surface area contributed by atoms with Crippen molar-refractivity contribution in [2.75, 3.05) is 25.8 Å². The lowest BCUT2D eigenvalue weighted by molar-refractivity contribution is -0.120. The molecule has 3 N–H and O–H groups in total. The van der Waals surface area contributed by atoms with E-state index in [9.17, 15) is 4.79 Å². The van der Waals surface area contributed by atoms with Gasteiger partial charge in [-0.25, -0.2) is 4.68 Å². The van der Waals surface area contributed by atoms with Crippen LogP contribution in [0.25, 0.3) is 0 Å². The van der Waals surface area contributed by atoms with E-state index in [2.05, 4.69) is 29.4 Å². The smallest absolute Gasteiger partial charge is 0.230 e. The first kappa shape index (κ1) is 22.3. The van der Waals surface area contributed by atoms with E-state index in [0.29, 0.717) is 40.7 Å². The fourth-order valence-corrected chi connectivity index (χ4v) is 4.55. The molecule has 3 rings (SSSR count). The van der Waals surface area contributed by atoms with Crippen molar-refractivity contribution in [3.8, 4) is 11.5 Å². The van der Waals surface area contributed by atoms with Gasteiger partial charge in [0.2, 0.25) is 11.1 Å². The van der Waals surface area contributed by atoms with Crippen LogP contribution in [0.5, 0.6) is 11.5 Å². The summed E-state index contributed by atoms with van der Waals surface area (Å²) >= 11 is 1.30. The van der Waals surface area contributed by atoms with Crippen LogP contribution >= 0.6 is 11.8 Å². The first-order chi connectivity index (χ1) is 14.4. The first-order valence-electron chi connectivity index (χ1n) is 10.2. The van der Waals surface area contributed by atoms with Gasteiger partial charge in [0.25, 0.3) is 0 Å². The Kier molecular flexibility index (Phi) is 7.47. The van der Waals surface area contributed by atoms with Crippen molar-refractivity contribution in [2.45, 2.75) is 50.7 Å². The zero-order valence-corrected chi connectivity index (χ0v) is 18.9. The molecule has 2 aromatic rings. The number of amides is 1. The van der Waals surface area contributed by atoms with Gasteiger partial charge in [0.15, 0.2) is 17.3 Å². The summed E-state index contributed by atoms with van der Waals surface area (Å²) in [5.74, 6) is 9.51. The Morgan fingerprint density at radius 1 is 1.23 bits per heavy atom. The molecule has 1 aliphatic carbocycles. The van der Waals surface area contributed by atoms with Crippen molar-refractivity contribution in [2.24, 2.45) is 11.8 Å². The third-order valence-corrected chi connectivity index (χ3v) is 6.87. The molecule has 0 bridgehead atoms. The summed E-state index contributed by atoms with van der Waals surface area (Å²) in [5, 5.41) is 12.0. The van der Waals surface area contributed by atoms with Gasteiger partial charge in [-0.3, -0.25) is 4.79 Å². The second-order valence-electron chi connectivity index (χ2n) is 7.86. The van der Waals surface area contributed by atoms with Gasteiger partial charge in [-0.15, -0.1) is 10.2 Å². The Balaban J connectivity index is 1.57. The van der Waals surface area contributed by atoms with E-state index in [4.69, 9.17) is 15.3 Å². The molecule has 0 unspecified atom stereocenters. The molecule has 0 radical (unpaired) electrons. The Labute approximate surface area is 181 Å². The fraction of sp³-hybridized carbons (Fsp3) is 0.571. The lowest BCUT2D eigenvalue weighted by Crippen LogP contribution is -2.44. The number of thioether (sulfide) groups is 1. The lowest BCUT2D eigenvalue weighted by Gasteiger charge is -2.34. The van der Waals surface area contributed by atoms with Crippen LogP contribution in [0, 0.1) is 11.8 Å². The number of nitrogens with zero attached hydrogens (tertiary/aromatic N) is 3. The van der Waals surface area contributed by atoms with Crippen LogP contribution in [0.3, 0.4) is 0 Å². The summed E-state index contributed by atoms with van der Waals surface area (Å²) in [4.78, 5) is 12.4. The molecule has 30 heavy (non-hydrogen) atoms. The maximum Gasteiger partial charge on any atom is 0.230 e. The number of methoxy groups -OCH3 is 2. The summed E-state index contributed by atoms with van der Waals surface area (Å²) in [6.07, 6.45) is 3.94. The molecule has 0 saturated heterocycles. The van der Waals surface area contributed by atoms with E-state index in [1.54, 1.807) is 14.2 Å². The van der Waals surface area contributed by atoms with Gasteiger partial charge in [0, 0.05) is 12.5 Å². The summed E-state index contributed by atoms with van der Waals surface area (Å²) in [5.41, 5.74) is 0.974. The van der Waals surface area contributed by atoms with Crippen molar-refractivity contribution in [1.29, 1.82) is 0 Å². The van der Waals surface area contributed by atoms with E-state index in [0.717, 1.165) is 12.0 Å². The average Bonchev–Trinajstić information content (AvgIpc) is 3.09. The van der Waals surface area contributed by atoms with E-state index < -0.39 is 0 Å². The van der Waals surface area contributed by atoms with Crippen LogP contribution in [0.4, 0.5) is 0 Å². The fourth-order valence-electron chi connectivity index (χ4n) is 3.86.